The van der Waals surface area contributed by atoms with E-state index in [0.29, 0.717) is 47.8 Å². The highest BCUT2D eigenvalue weighted by atomic mass is 16.5. The number of aliphatic imine (C=N–C) groups is 1. The highest BCUT2D eigenvalue weighted by Crippen LogP contribution is 2.47. The SMILES string of the molecule is CCCCOc1ccc(C(C)(C)C)cc1C(O)(c1cc(C(C)(C)C)ccc1OCCCC)C(Cc1ccccc1)N=Cc1cc(C(=O)OC)ccc1O. The molecule has 0 aromatic heterocycles. The minimum atomic E-state index is -1.81. The molecule has 0 amide bonds. The Hall–Kier alpha value is -4.62. The van der Waals surface area contributed by atoms with Gasteiger partial charge in [0.15, 0.2) is 0 Å². The van der Waals surface area contributed by atoms with Gasteiger partial charge < -0.3 is 24.4 Å². The number of rotatable bonds is 16. The van der Waals surface area contributed by atoms with E-state index in [1.54, 1.807) is 6.07 Å². The van der Waals surface area contributed by atoms with Gasteiger partial charge in [0.2, 0.25) is 0 Å². The lowest BCUT2D eigenvalue weighted by Gasteiger charge is -2.39. The first-order valence-corrected chi connectivity index (χ1v) is 18.9. The molecule has 0 saturated heterocycles. The molecule has 0 bridgehead atoms. The average molecular weight is 722 g/mol. The van der Waals surface area contributed by atoms with Gasteiger partial charge in [-0.05, 0) is 89.2 Å². The molecular formula is C46H59NO6. The highest BCUT2D eigenvalue weighted by Gasteiger charge is 2.45. The van der Waals surface area contributed by atoms with E-state index in [0.717, 1.165) is 42.4 Å². The van der Waals surface area contributed by atoms with Crippen molar-refractivity contribution in [2.24, 2.45) is 4.99 Å². The van der Waals surface area contributed by atoms with Crippen LogP contribution in [0.2, 0.25) is 0 Å². The van der Waals surface area contributed by atoms with Crippen molar-refractivity contribution in [1.82, 2.24) is 0 Å². The molecule has 0 aliphatic rings. The topological polar surface area (TPSA) is 97.6 Å². The summed E-state index contributed by atoms with van der Waals surface area (Å²) in [5.74, 6) is 0.551. The van der Waals surface area contributed by atoms with Crippen molar-refractivity contribution in [3.63, 3.8) is 0 Å². The molecule has 284 valence electrons. The molecule has 2 N–H and O–H groups in total. The van der Waals surface area contributed by atoms with Crippen molar-refractivity contribution < 1.29 is 29.2 Å². The fourth-order valence-electron chi connectivity index (χ4n) is 6.22. The molecule has 7 nitrogen and oxygen atoms in total. The molecule has 4 aromatic rings. The number of hydrogen-bond donors (Lipinski definition) is 2. The van der Waals surface area contributed by atoms with Crippen LogP contribution in [0.25, 0.3) is 0 Å². The molecule has 0 radical (unpaired) electrons. The molecule has 0 spiro atoms. The van der Waals surface area contributed by atoms with Gasteiger partial charge in [0.1, 0.15) is 22.8 Å². The summed E-state index contributed by atoms with van der Waals surface area (Å²) in [6, 6.07) is 25.8. The third kappa shape index (κ3) is 10.3. The second-order valence-corrected chi connectivity index (χ2v) is 15.8. The number of aromatic hydroxyl groups is 1. The van der Waals surface area contributed by atoms with E-state index in [1.165, 1.54) is 25.5 Å². The number of methoxy groups -OCH3 is 1. The first-order valence-electron chi connectivity index (χ1n) is 18.9. The van der Waals surface area contributed by atoms with Gasteiger partial charge in [-0.25, -0.2) is 4.79 Å². The minimum Gasteiger partial charge on any atom is -0.507 e. The molecule has 7 heteroatoms. The Bertz CT molecular complexity index is 1760. The molecule has 4 rings (SSSR count). The van der Waals surface area contributed by atoms with E-state index in [1.807, 2.05) is 42.5 Å². The van der Waals surface area contributed by atoms with Crippen LogP contribution in [0.3, 0.4) is 0 Å². The second kappa shape index (κ2) is 17.9. The van der Waals surface area contributed by atoms with Crippen molar-refractivity contribution >= 4 is 12.2 Å². The van der Waals surface area contributed by atoms with E-state index in [-0.39, 0.29) is 22.1 Å². The Balaban J connectivity index is 2.14. The van der Waals surface area contributed by atoms with Gasteiger partial charge in [-0.15, -0.1) is 0 Å². The molecule has 0 aliphatic heterocycles. The third-order valence-corrected chi connectivity index (χ3v) is 9.62. The first-order chi connectivity index (χ1) is 25.1. The largest absolute Gasteiger partial charge is 0.507 e. The van der Waals surface area contributed by atoms with Crippen LogP contribution in [0, 0.1) is 0 Å². The van der Waals surface area contributed by atoms with Crippen LogP contribution in [0.15, 0.2) is 89.9 Å². The van der Waals surface area contributed by atoms with Crippen LogP contribution in [-0.4, -0.2) is 48.8 Å². The van der Waals surface area contributed by atoms with Crippen LogP contribution in [0.1, 0.15) is 125 Å². The van der Waals surface area contributed by atoms with E-state index < -0.39 is 17.6 Å². The van der Waals surface area contributed by atoms with Crippen molar-refractivity contribution in [2.45, 2.75) is 110 Å². The highest BCUT2D eigenvalue weighted by molar-refractivity contribution is 5.93. The van der Waals surface area contributed by atoms with E-state index in [2.05, 4.69) is 79.7 Å². The number of ether oxygens (including phenoxy) is 3. The Morgan fingerprint density at radius 1 is 0.755 bits per heavy atom. The number of phenolic OH excluding ortho intramolecular Hbond substituents is 1. The summed E-state index contributed by atoms with van der Waals surface area (Å²) in [5.41, 5.74) is 2.47. The van der Waals surface area contributed by atoms with Gasteiger partial charge in [-0.1, -0.05) is 111 Å². The Morgan fingerprint density at radius 2 is 1.28 bits per heavy atom. The Labute approximate surface area is 317 Å². The number of benzene rings is 4. The third-order valence-electron chi connectivity index (χ3n) is 9.62. The summed E-state index contributed by atoms with van der Waals surface area (Å²) in [6.07, 6.45) is 5.48. The molecular weight excluding hydrogens is 663 g/mol. The monoisotopic (exact) mass is 721 g/mol. The van der Waals surface area contributed by atoms with Crippen LogP contribution in [0.5, 0.6) is 17.2 Å². The zero-order valence-corrected chi connectivity index (χ0v) is 33.2. The van der Waals surface area contributed by atoms with E-state index in [9.17, 15) is 15.0 Å². The fraction of sp³-hybridized carbons (Fsp3) is 0.435. The molecule has 0 fully saturated rings. The zero-order valence-electron chi connectivity index (χ0n) is 33.2. The standard InChI is InChI=1S/C46H59NO6/c1-10-12-25-52-40-23-20-35(44(3,4)5)29-37(40)46(50,38-30-36(45(6,7)8)21-24-41(38)53-26-13-11-2)42(27-32-17-15-14-16-18-32)47-31-34-28-33(43(49)51-9)19-22-39(34)48/h14-24,28-31,42,48,50H,10-13,25-27H2,1-9H3. The predicted octanol–water partition coefficient (Wildman–Crippen LogP) is 10.1. The van der Waals surface area contributed by atoms with E-state index >= 15 is 0 Å². The maximum absolute atomic E-state index is 14.0. The van der Waals surface area contributed by atoms with Gasteiger partial charge in [0.05, 0.1) is 31.9 Å². The minimum absolute atomic E-state index is 0.0555. The molecule has 0 saturated carbocycles. The lowest BCUT2D eigenvalue weighted by Crippen LogP contribution is -2.42. The summed E-state index contributed by atoms with van der Waals surface area (Å²) in [6.45, 7) is 18.1. The Kier molecular flexibility index (Phi) is 13.9. The summed E-state index contributed by atoms with van der Waals surface area (Å²) >= 11 is 0. The van der Waals surface area contributed by atoms with Crippen molar-refractivity contribution in [3.05, 3.63) is 124 Å². The molecule has 1 atom stereocenters. The number of aliphatic hydroxyl groups is 1. The lowest BCUT2D eigenvalue weighted by molar-refractivity contribution is 0.0460. The summed E-state index contributed by atoms with van der Waals surface area (Å²) in [7, 11) is 1.32. The van der Waals surface area contributed by atoms with Crippen LogP contribution in [-0.2, 0) is 27.6 Å². The molecule has 0 aliphatic carbocycles. The van der Waals surface area contributed by atoms with Gasteiger partial charge >= 0.3 is 5.97 Å². The maximum atomic E-state index is 14.0. The van der Waals surface area contributed by atoms with Crippen molar-refractivity contribution in [2.75, 3.05) is 20.3 Å². The van der Waals surface area contributed by atoms with Gasteiger partial charge in [-0.3, -0.25) is 4.99 Å². The van der Waals surface area contributed by atoms with E-state index in [4.69, 9.17) is 19.2 Å². The smallest absolute Gasteiger partial charge is 0.337 e. The number of esters is 1. The number of hydrogen-bond acceptors (Lipinski definition) is 7. The first kappa shape index (κ1) is 41.1. The van der Waals surface area contributed by atoms with Crippen molar-refractivity contribution in [3.8, 4) is 17.2 Å². The quantitative estimate of drug-likeness (QED) is 0.0679. The zero-order chi connectivity index (χ0) is 38.8. The fourth-order valence-corrected chi connectivity index (χ4v) is 6.22. The molecule has 4 aromatic carbocycles. The molecule has 53 heavy (non-hydrogen) atoms. The predicted molar refractivity (Wildman–Crippen MR) is 215 cm³/mol. The van der Waals surface area contributed by atoms with Crippen LogP contribution < -0.4 is 9.47 Å². The van der Waals surface area contributed by atoms with Gasteiger partial charge in [0, 0.05) is 22.9 Å². The second-order valence-electron chi connectivity index (χ2n) is 15.8. The summed E-state index contributed by atoms with van der Waals surface area (Å²) in [4.78, 5) is 17.6. The summed E-state index contributed by atoms with van der Waals surface area (Å²) in [5, 5.41) is 25.0. The average Bonchev–Trinajstić information content (AvgIpc) is 3.13. The normalized spacial score (nSPS) is 12.9. The molecule has 0 heterocycles. The van der Waals surface area contributed by atoms with Gasteiger partial charge in [-0.2, -0.15) is 0 Å². The van der Waals surface area contributed by atoms with Crippen LogP contribution in [0.4, 0.5) is 0 Å². The number of nitrogens with zero attached hydrogens (tertiary/aromatic N) is 1. The number of carbonyl (C=O) groups excluding carboxylic acids is 1. The summed E-state index contributed by atoms with van der Waals surface area (Å²) < 4.78 is 18.0. The number of carbonyl (C=O) groups is 1. The number of phenols is 1. The lowest BCUT2D eigenvalue weighted by atomic mass is 9.73. The van der Waals surface area contributed by atoms with Crippen molar-refractivity contribution in [1.29, 1.82) is 0 Å². The van der Waals surface area contributed by atoms with Crippen LogP contribution >= 0.6 is 0 Å². The maximum Gasteiger partial charge on any atom is 0.337 e. The molecule has 1 unspecified atom stereocenters. The van der Waals surface area contributed by atoms with Gasteiger partial charge in [0.25, 0.3) is 0 Å². The Morgan fingerprint density at radius 3 is 1.75 bits per heavy atom. The number of unbranched alkanes of at least 4 members (excludes halogenated alkanes) is 2.